The largest absolute Gasteiger partial charge is 0.481 e. The normalized spacial score (nSPS) is 11.0. The second-order valence-electron chi connectivity index (χ2n) is 4.84. The minimum absolute atomic E-state index is 0.325. The van der Waals surface area contributed by atoms with Gasteiger partial charge in [-0.2, -0.15) is 0 Å². The van der Waals surface area contributed by atoms with Crippen LogP contribution in [-0.4, -0.2) is 16.7 Å². The van der Waals surface area contributed by atoms with Crippen molar-refractivity contribution in [3.8, 4) is 17.0 Å². The molecule has 0 aliphatic carbocycles. The summed E-state index contributed by atoms with van der Waals surface area (Å²) in [5.41, 5.74) is 4.47. The van der Waals surface area contributed by atoms with Crippen molar-refractivity contribution in [2.24, 2.45) is 0 Å². The van der Waals surface area contributed by atoms with E-state index in [0.29, 0.717) is 18.0 Å². The minimum atomic E-state index is -0.325. The lowest BCUT2D eigenvalue weighted by Crippen LogP contribution is -2.12. The van der Waals surface area contributed by atoms with Crippen molar-refractivity contribution in [1.29, 1.82) is 0 Å². The molecule has 0 aliphatic heterocycles. The molecule has 0 aliphatic rings. The van der Waals surface area contributed by atoms with Gasteiger partial charge in [0.1, 0.15) is 0 Å². The molecule has 0 unspecified atom stereocenters. The predicted octanol–water partition coefficient (Wildman–Crippen LogP) is 2.99. The fraction of sp³-hybridized carbons (Fsp3) is 0.250. The van der Waals surface area contributed by atoms with Crippen molar-refractivity contribution >= 4 is 11.1 Å². The van der Waals surface area contributed by atoms with E-state index in [1.165, 1.54) is 0 Å². The highest BCUT2D eigenvalue weighted by Crippen LogP contribution is 2.27. The number of rotatable bonds is 3. The number of fused-ring (bicyclic) bond motifs is 1. The van der Waals surface area contributed by atoms with E-state index in [4.69, 9.17) is 9.15 Å². The summed E-state index contributed by atoms with van der Waals surface area (Å²) in [6, 6.07) is 7.60. The van der Waals surface area contributed by atoms with Gasteiger partial charge in [0, 0.05) is 24.4 Å². The summed E-state index contributed by atoms with van der Waals surface area (Å²) < 4.78 is 12.0. The lowest BCUT2D eigenvalue weighted by molar-refractivity contribution is 0.397. The van der Waals surface area contributed by atoms with E-state index in [2.05, 4.69) is 4.98 Å². The molecule has 0 amide bonds. The maximum absolute atomic E-state index is 11.7. The quantitative estimate of drug-likeness (QED) is 0.742. The van der Waals surface area contributed by atoms with Crippen LogP contribution in [0.3, 0.4) is 0 Å². The summed E-state index contributed by atoms with van der Waals surface area (Å²) in [5.74, 6) is 0.264. The predicted molar refractivity (Wildman–Crippen MR) is 80.7 cm³/mol. The van der Waals surface area contributed by atoms with E-state index in [1.54, 1.807) is 17.9 Å². The third-order valence-electron chi connectivity index (χ3n) is 3.59. The third-order valence-corrected chi connectivity index (χ3v) is 3.59. The van der Waals surface area contributed by atoms with Crippen LogP contribution in [0.4, 0.5) is 0 Å². The second-order valence-corrected chi connectivity index (χ2v) is 4.84. The van der Waals surface area contributed by atoms with Crippen molar-refractivity contribution in [1.82, 2.24) is 9.55 Å². The second kappa shape index (κ2) is 5.09. The molecule has 1 aromatic carbocycles. The maximum atomic E-state index is 11.7. The summed E-state index contributed by atoms with van der Waals surface area (Å²) >= 11 is 0. The molecule has 21 heavy (non-hydrogen) atoms. The molecule has 0 saturated heterocycles. The Morgan fingerprint density at radius 2 is 2.14 bits per heavy atom. The zero-order chi connectivity index (χ0) is 15.0. The molecule has 0 fully saturated rings. The monoisotopic (exact) mass is 284 g/mol. The Bertz CT molecular complexity index is 862. The molecule has 0 N–H and O–H groups in total. The van der Waals surface area contributed by atoms with Crippen LogP contribution in [0, 0.1) is 6.92 Å². The lowest BCUT2D eigenvalue weighted by Gasteiger charge is -2.08. The number of aromatic nitrogens is 2. The molecule has 3 aromatic rings. The molecule has 2 aromatic heterocycles. The number of aryl methyl sites for hydroxylation is 2. The molecular weight excluding hydrogens is 268 g/mol. The topological polar surface area (TPSA) is 57.3 Å². The molecule has 3 rings (SSSR count). The first-order chi connectivity index (χ1) is 10.1. The SMILES string of the molecule is CCn1c(=O)oc2ccc(-c3cnc(OC)cc3C)cc21. The molecule has 0 atom stereocenters. The Hall–Kier alpha value is -2.56. The van der Waals surface area contributed by atoms with Crippen molar-refractivity contribution in [3.63, 3.8) is 0 Å². The van der Waals surface area contributed by atoms with Crippen LogP contribution < -0.4 is 10.5 Å². The highest BCUT2D eigenvalue weighted by atomic mass is 16.5. The van der Waals surface area contributed by atoms with Gasteiger partial charge in [0.2, 0.25) is 5.88 Å². The number of oxazole rings is 1. The molecule has 0 spiro atoms. The highest BCUT2D eigenvalue weighted by Gasteiger charge is 2.11. The standard InChI is InChI=1S/C16H16N2O3/c1-4-18-13-8-11(5-6-14(13)21-16(18)19)12-9-17-15(20-3)7-10(12)2/h5-9H,4H2,1-3H3. The number of ether oxygens (including phenoxy) is 1. The zero-order valence-electron chi connectivity index (χ0n) is 12.2. The van der Waals surface area contributed by atoms with Crippen LogP contribution in [0.1, 0.15) is 12.5 Å². The number of hydrogen-bond acceptors (Lipinski definition) is 4. The first-order valence-corrected chi connectivity index (χ1v) is 6.78. The highest BCUT2D eigenvalue weighted by molar-refractivity contribution is 5.81. The third kappa shape index (κ3) is 2.20. The molecule has 0 saturated carbocycles. The first-order valence-electron chi connectivity index (χ1n) is 6.78. The van der Waals surface area contributed by atoms with Gasteiger partial charge in [0.25, 0.3) is 0 Å². The fourth-order valence-electron chi connectivity index (χ4n) is 2.47. The summed E-state index contributed by atoms with van der Waals surface area (Å²) in [4.78, 5) is 16.0. The van der Waals surface area contributed by atoms with Crippen LogP contribution in [0.5, 0.6) is 5.88 Å². The molecule has 2 heterocycles. The van der Waals surface area contributed by atoms with Crippen LogP contribution >= 0.6 is 0 Å². The van der Waals surface area contributed by atoms with Crippen LogP contribution in [0.2, 0.25) is 0 Å². The van der Waals surface area contributed by atoms with Crippen LogP contribution in [-0.2, 0) is 6.54 Å². The summed E-state index contributed by atoms with van der Waals surface area (Å²) in [6.45, 7) is 4.50. The lowest BCUT2D eigenvalue weighted by atomic mass is 10.0. The number of pyridine rings is 1. The molecular formula is C16H16N2O3. The fourth-order valence-corrected chi connectivity index (χ4v) is 2.47. The molecule has 5 heteroatoms. The average Bonchev–Trinajstić information content (AvgIpc) is 2.81. The number of hydrogen-bond donors (Lipinski definition) is 0. The number of nitrogens with zero attached hydrogens (tertiary/aromatic N) is 2. The maximum Gasteiger partial charge on any atom is 0.419 e. The smallest absolute Gasteiger partial charge is 0.419 e. The van der Waals surface area contributed by atoms with Gasteiger partial charge >= 0.3 is 5.76 Å². The van der Waals surface area contributed by atoms with Crippen molar-refractivity contribution < 1.29 is 9.15 Å². The van der Waals surface area contributed by atoms with E-state index >= 15 is 0 Å². The van der Waals surface area contributed by atoms with Gasteiger partial charge in [-0.15, -0.1) is 0 Å². The molecule has 0 bridgehead atoms. The molecule has 108 valence electrons. The first kappa shape index (κ1) is 13.4. The van der Waals surface area contributed by atoms with E-state index in [9.17, 15) is 4.79 Å². The van der Waals surface area contributed by atoms with E-state index < -0.39 is 0 Å². The Labute approximate surface area is 121 Å². The van der Waals surface area contributed by atoms with Gasteiger partial charge in [-0.1, -0.05) is 6.07 Å². The van der Waals surface area contributed by atoms with Crippen molar-refractivity contribution in [3.05, 3.63) is 46.6 Å². The van der Waals surface area contributed by atoms with Crippen molar-refractivity contribution in [2.75, 3.05) is 7.11 Å². The van der Waals surface area contributed by atoms with E-state index in [0.717, 1.165) is 22.2 Å². The molecule has 5 nitrogen and oxygen atoms in total. The van der Waals surface area contributed by atoms with Gasteiger partial charge in [-0.3, -0.25) is 4.57 Å². The van der Waals surface area contributed by atoms with Gasteiger partial charge < -0.3 is 9.15 Å². The summed E-state index contributed by atoms with van der Waals surface area (Å²) in [5, 5.41) is 0. The number of methoxy groups -OCH3 is 1. The summed E-state index contributed by atoms with van der Waals surface area (Å²) in [7, 11) is 1.60. The van der Waals surface area contributed by atoms with Crippen molar-refractivity contribution in [2.45, 2.75) is 20.4 Å². The van der Waals surface area contributed by atoms with E-state index in [-0.39, 0.29) is 5.76 Å². The summed E-state index contributed by atoms with van der Waals surface area (Å²) in [6.07, 6.45) is 1.78. The van der Waals surface area contributed by atoms with Gasteiger partial charge in [-0.25, -0.2) is 9.78 Å². The molecule has 0 radical (unpaired) electrons. The average molecular weight is 284 g/mol. The Balaban J connectivity index is 2.19. The number of benzene rings is 1. The zero-order valence-corrected chi connectivity index (χ0v) is 12.2. The van der Waals surface area contributed by atoms with Gasteiger partial charge in [0.05, 0.1) is 12.6 Å². The van der Waals surface area contributed by atoms with E-state index in [1.807, 2.05) is 38.1 Å². The van der Waals surface area contributed by atoms with Crippen LogP contribution in [0.15, 0.2) is 39.7 Å². The van der Waals surface area contributed by atoms with Crippen LogP contribution in [0.25, 0.3) is 22.2 Å². The minimum Gasteiger partial charge on any atom is -0.481 e. The van der Waals surface area contributed by atoms with Gasteiger partial charge in [0.15, 0.2) is 5.58 Å². The Morgan fingerprint density at radius 1 is 1.33 bits per heavy atom. The Morgan fingerprint density at radius 3 is 2.81 bits per heavy atom. The Kier molecular flexibility index (Phi) is 3.25. The van der Waals surface area contributed by atoms with Gasteiger partial charge in [-0.05, 0) is 37.1 Å².